The Hall–Kier alpha value is -1.92. The summed E-state index contributed by atoms with van der Waals surface area (Å²) in [4.78, 5) is 24.6. The minimum atomic E-state index is -0.677. The summed E-state index contributed by atoms with van der Waals surface area (Å²) >= 11 is 0. The van der Waals surface area contributed by atoms with Crippen molar-refractivity contribution in [2.75, 3.05) is 13.2 Å². The van der Waals surface area contributed by atoms with E-state index < -0.39 is 12.1 Å². The molecule has 0 heterocycles. The first-order valence-corrected chi connectivity index (χ1v) is 31.2. The van der Waals surface area contributed by atoms with Gasteiger partial charge < -0.3 is 20.3 Å². The molecule has 412 valence electrons. The quantitative estimate of drug-likeness (QED) is 0.0321. The predicted octanol–water partition coefficient (Wildman–Crippen LogP) is 19.6. The lowest BCUT2D eigenvalue weighted by Crippen LogP contribution is -2.45. The van der Waals surface area contributed by atoms with Gasteiger partial charge in [-0.1, -0.05) is 275 Å². The van der Waals surface area contributed by atoms with Crippen molar-refractivity contribution >= 4 is 11.9 Å². The lowest BCUT2D eigenvalue weighted by Gasteiger charge is -2.22. The zero-order chi connectivity index (χ0) is 50.7. The first kappa shape index (κ1) is 68.1. The number of amides is 1. The van der Waals surface area contributed by atoms with Crippen molar-refractivity contribution in [2.45, 2.75) is 347 Å². The molecular weight excluding hydrogens is 863 g/mol. The summed E-state index contributed by atoms with van der Waals surface area (Å²) in [5.41, 5.74) is 0. The molecule has 0 fully saturated rings. The molecule has 0 spiro atoms. The van der Waals surface area contributed by atoms with Crippen LogP contribution in [0.15, 0.2) is 36.5 Å². The van der Waals surface area contributed by atoms with E-state index in [-0.39, 0.29) is 18.5 Å². The van der Waals surface area contributed by atoms with Gasteiger partial charge in [0, 0.05) is 12.8 Å². The maximum Gasteiger partial charge on any atom is 0.305 e. The number of carbonyl (C=O) groups is 2. The van der Waals surface area contributed by atoms with E-state index in [1.165, 1.54) is 231 Å². The highest BCUT2D eigenvalue weighted by atomic mass is 16.5. The number of unbranched alkanes of at least 4 members (excludes halogenated alkanes) is 41. The van der Waals surface area contributed by atoms with Crippen molar-refractivity contribution in [3.63, 3.8) is 0 Å². The molecule has 0 bridgehead atoms. The summed E-state index contributed by atoms with van der Waals surface area (Å²) in [7, 11) is 0. The molecule has 0 aliphatic rings. The van der Waals surface area contributed by atoms with E-state index in [2.05, 4.69) is 55.6 Å². The summed E-state index contributed by atoms with van der Waals surface area (Å²) < 4.78 is 5.47. The third kappa shape index (κ3) is 55.4. The van der Waals surface area contributed by atoms with Crippen molar-refractivity contribution in [3.05, 3.63) is 36.5 Å². The van der Waals surface area contributed by atoms with E-state index in [0.717, 1.165) is 70.6 Å². The minimum absolute atomic E-state index is 0.0158. The molecule has 0 aliphatic carbocycles. The SMILES string of the molecule is CCCCCC/C=C\C/C=C\CCCCCCCC(=O)OCCCCCCCCC/C=C\CCCCCCCC(=O)NC(CO)C(O)CCCCCCCCCCCCCCCCCCCCCCC. The largest absolute Gasteiger partial charge is 0.466 e. The summed E-state index contributed by atoms with van der Waals surface area (Å²) in [6.45, 7) is 4.92. The fourth-order valence-electron chi connectivity index (χ4n) is 9.61. The van der Waals surface area contributed by atoms with Crippen LogP contribution in [0.5, 0.6) is 0 Å². The zero-order valence-electron chi connectivity index (χ0n) is 47.0. The average molecular weight is 985 g/mol. The van der Waals surface area contributed by atoms with Crippen molar-refractivity contribution in [3.8, 4) is 0 Å². The molecule has 0 saturated carbocycles. The van der Waals surface area contributed by atoms with Gasteiger partial charge in [-0.25, -0.2) is 0 Å². The van der Waals surface area contributed by atoms with Crippen LogP contribution in [-0.4, -0.2) is 47.4 Å². The van der Waals surface area contributed by atoms with Gasteiger partial charge in [0.05, 0.1) is 25.4 Å². The number of ether oxygens (including phenoxy) is 1. The topological polar surface area (TPSA) is 95.9 Å². The number of aliphatic hydroxyl groups excluding tert-OH is 2. The van der Waals surface area contributed by atoms with Crippen LogP contribution < -0.4 is 5.32 Å². The van der Waals surface area contributed by atoms with Gasteiger partial charge in [-0.2, -0.15) is 0 Å². The van der Waals surface area contributed by atoms with Gasteiger partial charge in [0.15, 0.2) is 0 Å². The molecule has 0 rings (SSSR count). The normalized spacial score (nSPS) is 12.8. The Bertz CT molecular complexity index is 1130. The summed E-state index contributed by atoms with van der Waals surface area (Å²) in [5.74, 6) is -0.0658. The van der Waals surface area contributed by atoms with Gasteiger partial charge in [-0.3, -0.25) is 9.59 Å². The molecule has 0 radical (unpaired) electrons. The number of nitrogens with one attached hydrogen (secondary N) is 1. The summed E-state index contributed by atoms with van der Waals surface area (Å²) in [5, 5.41) is 23.4. The predicted molar refractivity (Wildman–Crippen MR) is 306 cm³/mol. The third-order valence-electron chi connectivity index (χ3n) is 14.4. The molecule has 70 heavy (non-hydrogen) atoms. The molecule has 6 nitrogen and oxygen atoms in total. The zero-order valence-corrected chi connectivity index (χ0v) is 47.0. The van der Waals surface area contributed by atoms with Gasteiger partial charge >= 0.3 is 5.97 Å². The molecule has 0 aromatic carbocycles. The van der Waals surface area contributed by atoms with Crippen LogP contribution in [0.3, 0.4) is 0 Å². The highest BCUT2D eigenvalue weighted by molar-refractivity contribution is 5.76. The van der Waals surface area contributed by atoms with Crippen molar-refractivity contribution in [1.82, 2.24) is 5.32 Å². The second-order valence-electron chi connectivity index (χ2n) is 21.4. The molecular formula is C64H121NO5. The monoisotopic (exact) mass is 984 g/mol. The van der Waals surface area contributed by atoms with Gasteiger partial charge in [0.25, 0.3) is 0 Å². The maximum atomic E-state index is 12.5. The van der Waals surface area contributed by atoms with Crippen LogP contribution in [0.2, 0.25) is 0 Å². The van der Waals surface area contributed by atoms with Crippen molar-refractivity contribution in [1.29, 1.82) is 0 Å². The van der Waals surface area contributed by atoms with Crippen LogP contribution in [0, 0.1) is 0 Å². The highest BCUT2D eigenvalue weighted by Crippen LogP contribution is 2.17. The maximum absolute atomic E-state index is 12.5. The molecule has 2 atom stereocenters. The van der Waals surface area contributed by atoms with Gasteiger partial charge in [-0.05, 0) is 83.5 Å². The molecule has 0 aromatic heterocycles. The van der Waals surface area contributed by atoms with E-state index in [9.17, 15) is 19.8 Å². The second kappa shape index (κ2) is 59.6. The summed E-state index contributed by atoms with van der Waals surface area (Å²) in [6, 6.07) is -0.556. The lowest BCUT2D eigenvalue weighted by atomic mass is 10.0. The van der Waals surface area contributed by atoms with Gasteiger partial charge in [0.2, 0.25) is 5.91 Å². The van der Waals surface area contributed by atoms with Crippen molar-refractivity contribution in [2.24, 2.45) is 0 Å². The average Bonchev–Trinajstić information content (AvgIpc) is 3.36. The molecule has 1 amide bonds. The van der Waals surface area contributed by atoms with Crippen LogP contribution in [0.1, 0.15) is 335 Å². The Balaban J connectivity index is 3.47. The van der Waals surface area contributed by atoms with E-state index in [1.807, 2.05) is 0 Å². The Morgan fingerprint density at radius 3 is 1.11 bits per heavy atom. The highest BCUT2D eigenvalue weighted by Gasteiger charge is 2.20. The van der Waals surface area contributed by atoms with E-state index in [4.69, 9.17) is 4.74 Å². The standard InChI is InChI=1S/C64H121NO5/c1-3-5-7-9-11-13-15-17-19-21-22-23-24-25-28-32-36-40-44-48-52-56-62(67)61(60-66)65-63(68)57-53-49-45-41-37-33-29-26-27-31-35-39-43-47-51-55-59-70-64(69)58-54-50-46-42-38-34-30-20-18-16-14-12-10-8-6-4-2/h14,16,20,26,29-30,61-62,66-67H,3-13,15,17-19,21-25,27-28,31-60H2,1-2H3,(H,65,68)/b16-14-,29-26-,30-20-. The molecule has 0 saturated heterocycles. The van der Waals surface area contributed by atoms with Crippen LogP contribution in [0.25, 0.3) is 0 Å². The molecule has 6 heteroatoms. The number of allylic oxidation sites excluding steroid dienone is 6. The van der Waals surface area contributed by atoms with Crippen LogP contribution in [-0.2, 0) is 14.3 Å². The number of hydrogen-bond acceptors (Lipinski definition) is 5. The van der Waals surface area contributed by atoms with Crippen LogP contribution in [0.4, 0.5) is 0 Å². The Morgan fingerprint density at radius 1 is 0.400 bits per heavy atom. The van der Waals surface area contributed by atoms with E-state index in [0.29, 0.717) is 25.9 Å². The second-order valence-corrected chi connectivity index (χ2v) is 21.4. The smallest absolute Gasteiger partial charge is 0.305 e. The number of hydrogen-bond donors (Lipinski definition) is 3. The van der Waals surface area contributed by atoms with Crippen molar-refractivity contribution < 1.29 is 24.5 Å². The number of esters is 1. The minimum Gasteiger partial charge on any atom is -0.466 e. The first-order valence-electron chi connectivity index (χ1n) is 31.2. The van der Waals surface area contributed by atoms with E-state index in [1.54, 1.807) is 0 Å². The fraction of sp³-hybridized carbons (Fsp3) is 0.875. The summed E-state index contributed by atoms with van der Waals surface area (Å²) in [6.07, 6.45) is 74.3. The van der Waals surface area contributed by atoms with Gasteiger partial charge in [0.1, 0.15) is 0 Å². The lowest BCUT2D eigenvalue weighted by molar-refractivity contribution is -0.143. The molecule has 3 N–H and O–H groups in total. The number of aliphatic hydroxyl groups is 2. The van der Waals surface area contributed by atoms with E-state index >= 15 is 0 Å². The third-order valence-corrected chi connectivity index (χ3v) is 14.4. The molecule has 0 aromatic rings. The Labute approximate surface area is 436 Å². The fourth-order valence-corrected chi connectivity index (χ4v) is 9.61. The Morgan fingerprint density at radius 2 is 0.714 bits per heavy atom. The Kier molecular flexibility index (Phi) is 58.0. The molecule has 2 unspecified atom stereocenters. The molecule has 0 aliphatic heterocycles. The number of rotatable bonds is 58. The van der Waals surface area contributed by atoms with Crippen LogP contribution >= 0.6 is 0 Å². The first-order chi connectivity index (χ1) is 34.5. The van der Waals surface area contributed by atoms with Gasteiger partial charge in [-0.15, -0.1) is 0 Å². The number of carbonyl (C=O) groups excluding carboxylic acids is 2.